The summed E-state index contributed by atoms with van der Waals surface area (Å²) in [5, 5.41) is 2.95. The molecular weight excluding hydrogens is 264 g/mol. The highest BCUT2D eigenvalue weighted by Crippen LogP contribution is 2.10. The van der Waals surface area contributed by atoms with Gasteiger partial charge in [-0.15, -0.1) is 0 Å². The Morgan fingerprint density at radius 1 is 1.33 bits per heavy atom. The van der Waals surface area contributed by atoms with Gasteiger partial charge in [0.15, 0.2) is 0 Å². The molecule has 0 saturated heterocycles. The Balaban J connectivity index is 2.53. The monoisotopic (exact) mass is 288 g/mol. The predicted octanol–water partition coefficient (Wildman–Crippen LogP) is 1.85. The van der Waals surface area contributed by atoms with Gasteiger partial charge in [-0.2, -0.15) is 0 Å². The van der Waals surface area contributed by atoms with E-state index in [0.717, 1.165) is 37.0 Å². The van der Waals surface area contributed by atoms with Gasteiger partial charge < -0.3 is 15.8 Å². The predicted molar refractivity (Wildman–Crippen MR) is 85.2 cm³/mol. The molecule has 0 aliphatic rings. The van der Waals surface area contributed by atoms with Crippen LogP contribution in [0.15, 0.2) is 18.2 Å². The molecule has 0 aliphatic carbocycles. The number of unbranched alkanes of at least 4 members (excludes halogenated alkanes) is 2. The lowest BCUT2D eigenvalue weighted by atomic mass is 10.0. The van der Waals surface area contributed by atoms with Crippen molar-refractivity contribution in [2.45, 2.75) is 26.2 Å². The molecule has 1 aromatic carbocycles. The van der Waals surface area contributed by atoms with Crippen LogP contribution in [0.25, 0.3) is 0 Å². The van der Waals surface area contributed by atoms with E-state index in [1.807, 2.05) is 25.1 Å². The Bertz CT molecular complexity index is 515. The minimum absolute atomic E-state index is 0.0457. The number of carbonyl (C=O) groups excluding carboxylic acids is 1. The average Bonchev–Trinajstić information content (AvgIpc) is 2.49. The van der Waals surface area contributed by atoms with Crippen LogP contribution in [0.1, 0.15) is 40.7 Å². The van der Waals surface area contributed by atoms with E-state index < -0.39 is 0 Å². The molecule has 0 radical (unpaired) electrons. The molecule has 1 rings (SSSR count). The van der Waals surface area contributed by atoms with E-state index in [4.69, 9.17) is 10.5 Å². The molecule has 21 heavy (non-hydrogen) atoms. The summed E-state index contributed by atoms with van der Waals surface area (Å²) in [6, 6.07) is 5.63. The number of ether oxygens (including phenoxy) is 1. The Morgan fingerprint density at radius 3 is 2.86 bits per heavy atom. The number of rotatable bonds is 7. The number of benzene rings is 1. The van der Waals surface area contributed by atoms with Gasteiger partial charge in [-0.1, -0.05) is 17.9 Å². The SMILES string of the molecule is COCCCCCNC(=O)c1cc(C#CCN)ccc1C. The Kier molecular flexibility index (Phi) is 8.18. The third-order valence-electron chi connectivity index (χ3n) is 3.13. The second kappa shape index (κ2) is 9.98. The summed E-state index contributed by atoms with van der Waals surface area (Å²) in [5.74, 6) is 5.70. The zero-order chi connectivity index (χ0) is 15.5. The summed E-state index contributed by atoms with van der Waals surface area (Å²) in [6.45, 7) is 3.69. The molecule has 114 valence electrons. The number of methoxy groups -OCH3 is 1. The van der Waals surface area contributed by atoms with Gasteiger partial charge in [0.25, 0.3) is 5.91 Å². The van der Waals surface area contributed by atoms with E-state index in [1.54, 1.807) is 7.11 Å². The fourth-order valence-corrected chi connectivity index (χ4v) is 1.94. The molecule has 0 spiro atoms. The summed E-state index contributed by atoms with van der Waals surface area (Å²) >= 11 is 0. The first-order valence-corrected chi connectivity index (χ1v) is 7.25. The molecule has 4 nitrogen and oxygen atoms in total. The van der Waals surface area contributed by atoms with Crippen LogP contribution in [0.2, 0.25) is 0 Å². The third-order valence-corrected chi connectivity index (χ3v) is 3.13. The Morgan fingerprint density at radius 2 is 2.14 bits per heavy atom. The first-order valence-electron chi connectivity index (χ1n) is 7.25. The van der Waals surface area contributed by atoms with Gasteiger partial charge in [-0.25, -0.2) is 0 Å². The van der Waals surface area contributed by atoms with E-state index in [1.165, 1.54) is 0 Å². The van der Waals surface area contributed by atoms with Crippen molar-refractivity contribution in [3.8, 4) is 11.8 Å². The fourth-order valence-electron chi connectivity index (χ4n) is 1.94. The number of aryl methyl sites for hydroxylation is 1. The van der Waals surface area contributed by atoms with Crippen LogP contribution in [0, 0.1) is 18.8 Å². The first kappa shape index (κ1) is 17.2. The van der Waals surface area contributed by atoms with Crippen molar-refractivity contribution in [3.63, 3.8) is 0 Å². The highest BCUT2D eigenvalue weighted by Gasteiger charge is 2.08. The second-order valence-corrected chi connectivity index (χ2v) is 4.84. The van der Waals surface area contributed by atoms with Gasteiger partial charge >= 0.3 is 0 Å². The van der Waals surface area contributed by atoms with Crippen molar-refractivity contribution in [2.24, 2.45) is 5.73 Å². The minimum Gasteiger partial charge on any atom is -0.385 e. The van der Waals surface area contributed by atoms with Crippen LogP contribution in [0.3, 0.4) is 0 Å². The lowest BCUT2D eigenvalue weighted by molar-refractivity contribution is 0.0952. The summed E-state index contributed by atoms with van der Waals surface area (Å²) in [5.41, 5.74) is 7.80. The third kappa shape index (κ3) is 6.44. The van der Waals surface area contributed by atoms with Crippen molar-refractivity contribution in [1.29, 1.82) is 0 Å². The molecule has 0 fully saturated rings. The quantitative estimate of drug-likeness (QED) is 0.594. The molecule has 1 aromatic rings. The molecule has 0 aromatic heterocycles. The zero-order valence-electron chi connectivity index (χ0n) is 12.9. The topological polar surface area (TPSA) is 64.3 Å². The lowest BCUT2D eigenvalue weighted by Gasteiger charge is -2.08. The maximum atomic E-state index is 12.2. The number of nitrogens with one attached hydrogen (secondary N) is 1. The smallest absolute Gasteiger partial charge is 0.251 e. The Labute approximate surface area is 127 Å². The molecule has 0 unspecified atom stereocenters. The van der Waals surface area contributed by atoms with E-state index in [2.05, 4.69) is 17.2 Å². The van der Waals surface area contributed by atoms with Crippen molar-refractivity contribution in [3.05, 3.63) is 34.9 Å². The van der Waals surface area contributed by atoms with Crippen LogP contribution in [0.5, 0.6) is 0 Å². The zero-order valence-corrected chi connectivity index (χ0v) is 12.9. The minimum atomic E-state index is -0.0457. The average molecular weight is 288 g/mol. The van der Waals surface area contributed by atoms with Crippen molar-refractivity contribution in [2.75, 3.05) is 26.8 Å². The van der Waals surface area contributed by atoms with Crippen LogP contribution >= 0.6 is 0 Å². The van der Waals surface area contributed by atoms with Crippen LogP contribution in [0.4, 0.5) is 0 Å². The summed E-state index contributed by atoms with van der Waals surface area (Å²) in [6.07, 6.45) is 3.03. The normalized spacial score (nSPS) is 9.86. The fraction of sp³-hybridized carbons (Fsp3) is 0.471. The van der Waals surface area contributed by atoms with E-state index in [-0.39, 0.29) is 5.91 Å². The number of nitrogens with two attached hydrogens (primary N) is 1. The molecule has 1 amide bonds. The summed E-state index contributed by atoms with van der Waals surface area (Å²) in [7, 11) is 1.70. The van der Waals surface area contributed by atoms with Crippen LogP contribution < -0.4 is 11.1 Å². The van der Waals surface area contributed by atoms with E-state index in [9.17, 15) is 4.79 Å². The molecule has 0 aliphatic heterocycles. The van der Waals surface area contributed by atoms with Crippen LogP contribution in [-0.4, -0.2) is 32.7 Å². The summed E-state index contributed by atoms with van der Waals surface area (Å²) < 4.78 is 4.99. The number of hydrogen-bond acceptors (Lipinski definition) is 3. The van der Waals surface area contributed by atoms with Crippen molar-refractivity contribution in [1.82, 2.24) is 5.32 Å². The van der Waals surface area contributed by atoms with E-state index in [0.29, 0.717) is 18.7 Å². The largest absolute Gasteiger partial charge is 0.385 e. The van der Waals surface area contributed by atoms with Gasteiger partial charge in [-0.3, -0.25) is 4.79 Å². The first-order chi connectivity index (χ1) is 10.2. The standard InChI is InChI=1S/C17H24N2O2/c1-14-8-9-15(7-6-10-18)13-16(14)17(20)19-11-4-3-5-12-21-2/h8-9,13H,3-5,10-12,18H2,1-2H3,(H,19,20). The van der Waals surface area contributed by atoms with E-state index >= 15 is 0 Å². The maximum absolute atomic E-state index is 12.2. The molecule has 0 bridgehead atoms. The van der Waals surface area contributed by atoms with Gasteiger partial charge in [0.2, 0.25) is 0 Å². The van der Waals surface area contributed by atoms with Gasteiger partial charge in [-0.05, 0) is 43.9 Å². The maximum Gasteiger partial charge on any atom is 0.251 e. The Hall–Kier alpha value is -1.83. The molecular formula is C17H24N2O2. The van der Waals surface area contributed by atoms with Gasteiger partial charge in [0.05, 0.1) is 6.54 Å². The van der Waals surface area contributed by atoms with Crippen molar-refractivity contribution >= 4 is 5.91 Å². The molecule has 0 atom stereocenters. The molecule has 4 heteroatoms. The number of amides is 1. The molecule has 0 saturated carbocycles. The van der Waals surface area contributed by atoms with Gasteiger partial charge in [0.1, 0.15) is 0 Å². The second-order valence-electron chi connectivity index (χ2n) is 4.84. The van der Waals surface area contributed by atoms with Crippen molar-refractivity contribution < 1.29 is 9.53 Å². The number of hydrogen-bond donors (Lipinski definition) is 2. The number of carbonyl (C=O) groups is 1. The summed E-state index contributed by atoms with van der Waals surface area (Å²) in [4.78, 5) is 12.2. The molecule has 0 heterocycles. The van der Waals surface area contributed by atoms with Crippen LogP contribution in [-0.2, 0) is 4.74 Å². The lowest BCUT2D eigenvalue weighted by Crippen LogP contribution is -2.25. The molecule has 3 N–H and O–H groups in total. The highest BCUT2D eigenvalue weighted by atomic mass is 16.5. The van der Waals surface area contributed by atoms with Gasteiger partial charge in [0, 0.05) is 31.4 Å². The highest BCUT2D eigenvalue weighted by molar-refractivity contribution is 5.96.